The van der Waals surface area contributed by atoms with Crippen molar-refractivity contribution in [3.05, 3.63) is 33.9 Å². The number of nitrogen functional groups attached to an aromatic ring is 1. The zero-order valence-corrected chi connectivity index (χ0v) is 11.8. The Labute approximate surface area is 117 Å². The van der Waals surface area contributed by atoms with Crippen molar-refractivity contribution in [1.29, 1.82) is 0 Å². The van der Waals surface area contributed by atoms with Gasteiger partial charge in [0.1, 0.15) is 5.69 Å². The van der Waals surface area contributed by atoms with Gasteiger partial charge in [0.25, 0.3) is 11.6 Å². The fraction of sp³-hybridized carbons (Fsp3) is 0.462. The molecule has 20 heavy (non-hydrogen) atoms. The lowest BCUT2D eigenvalue weighted by molar-refractivity contribution is -0.384. The molecule has 1 amide bonds. The predicted molar refractivity (Wildman–Crippen MR) is 77.4 cm³/mol. The molecule has 0 bridgehead atoms. The van der Waals surface area contributed by atoms with Crippen molar-refractivity contribution < 1.29 is 9.72 Å². The molecule has 0 aliphatic rings. The second-order valence-corrected chi connectivity index (χ2v) is 4.37. The molecule has 0 spiro atoms. The molecule has 0 fully saturated rings. The minimum Gasteiger partial charge on any atom is -0.339 e. The maximum Gasteiger partial charge on any atom is 0.294 e. The van der Waals surface area contributed by atoms with Crippen LogP contribution in [-0.4, -0.2) is 28.8 Å². The molecule has 0 aliphatic heterocycles. The van der Waals surface area contributed by atoms with Gasteiger partial charge in [0, 0.05) is 24.7 Å². The van der Waals surface area contributed by atoms with Gasteiger partial charge >= 0.3 is 0 Å². The summed E-state index contributed by atoms with van der Waals surface area (Å²) in [5.41, 5.74) is 2.53. The van der Waals surface area contributed by atoms with E-state index in [2.05, 4.69) is 5.43 Å². The Morgan fingerprint density at radius 3 is 2.65 bits per heavy atom. The smallest absolute Gasteiger partial charge is 0.294 e. The number of hydrazine groups is 1. The Morgan fingerprint density at radius 2 is 2.15 bits per heavy atom. The Kier molecular flexibility index (Phi) is 5.92. The lowest BCUT2D eigenvalue weighted by Crippen LogP contribution is -2.31. The minimum absolute atomic E-state index is 0.183. The van der Waals surface area contributed by atoms with Gasteiger partial charge < -0.3 is 10.3 Å². The number of hydrogen-bond acceptors (Lipinski definition) is 5. The van der Waals surface area contributed by atoms with E-state index < -0.39 is 4.92 Å². The quantitative estimate of drug-likeness (QED) is 0.452. The number of anilines is 1. The Hall–Kier alpha value is -2.15. The summed E-state index contributed by atoms with van der Waals surface area (Å²) in [7, 11) is 0. The third-order valence-electron chi connectivity index (χ3n) is 3.05. The van der Waals surface area contributed by atoms with Gasteiger partial charge in [-0.15, -0.1) is 0 Å². The van der Waals surface area contributed by atoms with E-state index in [9.17, 15) is 14.9 Å². The van der Waals surface area contributed by atoms with E-state index in [1.807, 2.05) is 13.8 Å². The Morgan fingerprint density at radius 1 is 1.45 bits per heavy atom. The van der Waals surface area contributed by atoms with Crippen LogP contribution >= 0.6 is 0 Å². The number of carbonyl (C=O) groups is 1. The van der Waals surface area contributed by atoms with Crippen LogP contribution in [0.4, 0.5) is 11.4 Å². The molecule has 0 unspecified atom stereocenters. The van der Waals surface area contributed by atoms with Crippen LogP contribution < -0.4 is 11.3 Å². The Bertz CT molecular complexity index is 491. The van der Waals surface area contributed by atoms with Crippen LogP contribution in [0.2, 0.25) is 0 Å². The number of unbranched alkanes of at least 4 members (excludes halogenated alkanes) is 1. The fourth-order valence-electron chi connectivity index (χ4n) is 1.87. The van der Waals surface area contributed by atoms with Gasteiger partial charge in [-0.1, -0.05) is 13.3 Å². The maximum absolute atomic E-state index is 12.3. The number of hydrogen-bond donors (Lipinski definition) is 2. The predicted octanol–water partition coefficient (Wildman–Crippen LogP) is 2.14. The number of nitrogens with one attached hydrogen (secondary N) is 1. The molecule has 0 atom stereocenters. The van der Waals surface area contributed by atoms with Crippen molar-refractivity contribution in [2.75, 3.05) is 18.5 Å². The van der Waals surface area contributed by atoms with Gasteiger partial charge in [-0.2, -0.15) is 0 Å². The first-order valence-corrected chi connectivity index (χ1v) is 6.59. The molecule has 7 heteroatoms. The van der Waals surface area contributed by atoms with Crippen LogP contribution in [0.25, 0.3) is 0 Å². The van der Waals surface area contributed by atoms with E-state index in [-0.39, 0.29) is 17.3 Å². The molecular formula is C13H20N4O3. The molecule has 1 rings (SSSR count). The molecule has 0 aromatic heterocycles. The summed E-state index contributed by atoms with van der Waals surface area (Å²) in [5.74, 6) is 5.02. The van der Waals surface area contributed by atoms with E-state index in [1.165, 1.54) is 12.1 Å². The van der Waals surface area contributed by atoms with Crippen LogP contribution in [0.15, 0.2) is 18.2 Å². The zero-order chi connectivity index (χ0) is 15.1. The lowest BCUT2D eigenvalue weighted by Gasteiger charge is -2.20. The molecule has 3 N–H and O–H groups in total. The third-order valence-corrected chi connectivity index (χ3v) is 3.05. The Balaban J connectivity index is 3.03. The lowest BCUT2D eigenvalue weighted by atomic mass is 10.1. The number of nitro groups is 1. The van der Waals surface area contributed by atoms with E-state index in [1.54, 1.807) is 11.0 Å². The highest BCUT2D eigenvalue weighted by atomic mass is 16.6. The standard InChI is InChI=1S/C13H20N4O3/c1-3-5-8-16(4-2)13(18)10-6-7-11(15-14)12(9-10)17(19)20/h6-7,9,15H,3-5,8,14H2,1-2H3. The summed E-state index contributed by atoms with van der Waals surface area (Å²) in [6, 6.07) is 4.24. The first kappa shape index (κ1) is 15.9. The number of amides is 1. The third kappa shape index (κ3) is 3.67. The summed E-state index contributed by atoms with van der Waals surface area (Å²) in [6.07, 6.45) is 1.89. The van der Waals surface area contributed by atoms with Crippen LogP contribution in [0.5, 0.6) is 0 Å². The summed E-state index contributed by atoms with van der Waals surface area (Å²) in [4.78, 5) is 24.4. The van der Waals surface area contributed by atoms with Crippen LogP contribution in [0, 0.1) is 10.1 Å². The van der Waals surface area contributed by atoms with Crippen molar-refractivity contribution in [2.45, 2.75) is 26.7 Å². The number of nitrogens with two attached hydrogens (primary N) is 1. The van der Waals surface area contributed by atoms with Crippen molar-refractivity contribution in [2.24, 2.45) is 5.84 Å². The van der Waals surface area contributed by atoms with Crippen molar-refractivity contribution >= 4 is 17.3 Å². The molecule has 7 nitrogen and oxygen atoms in total. The molecule has 1 aromatic carbocycles. The average molecular weight is 280 g/mol. The fourth-order valence-corrected chi connectivity index (χ4v) is 1.87. The largest absolute Gasteiger partial charge is 0.339 e. The molecule has 110 valence electrons. The maximum atomic E-state index is 12.3. The SMILES string of the molecule is CCCCN(CC)C(=O)c1ccc(NN)c([N+](=O)[O-])c1. The summed E-state index contributed by atoms with van der Waals surface area (Å²) in [5, 5.41) is 11.0. The average Bonchev–Trinajstić information content (AvgIpc) is 2.46. The van der Waals surface area contributed by atoms with Crippen molar-refractivity contribution in [3.8, 4) is 0 Å². The molecule has 0 radical (unpaired) electrons. The second-order valence-electron chi connectivity index (χ2n) is 4.37. The van der Waals surface area contributed by atoms with Crippen LogP contribution in [0.3, 0.4) is 0 Å². The summed E-state index contributed by atoms with van der Waals surface area (Å²) >= 11 is 0. The number of carbonyl (C=O) groups excluding carboxylic acids is 1. The summed E-state index contributed by atoms with van der Waals surface area (Å²) in [6.45, 7) is 5.16. The van der Waals surface area contributed by atoms with E-state index >= 15 is 0 Å². The van der Waals surface area contributed by atoms with Crippen molar-refractivity contribution in [3.63, 3.8) is 0 Å². The highest BCUT2D eigenvalue weighted by Crippen LogP contribution is 2.25. The van der Waals surface area contributed by atoms with Crippen LogP contribution in [-0.2, 0) is 0 Å². The number of nitrogens with zero attached hydrogens (tertiary/aromatic N) is 2. The van der Waals surface area contributed by atoms with Crippen LogP contribution in [0.1, 0.15) is 37.0 Å². The molecule has 0 heterocycles. The van der Waals surface area contributed by atoms with Gasteiger partial charge in [-0.05, 0) is 25.5 Å². The number of nitro benzene ring substituents is 1. The van der Waals surface area contributed by atoms with E-state index in [4.69, 9.17) is 5.84 Å². The molecule has 0 saturated heterocycles. The highest BCUT2D eigenvalue weighted by Gasteiger charge is 2.19. The van der Waals surface area contributed by atoms with E-state index in [0.717, 1.165) is 12.8 Å². The second kappa shape index (κ2) is 7.44. The number of benzene rings is 1. The highest BCUT2D eigenvalue weighted by molar-refractivity contribution is 5.95. The first-order chi connectivity index (χ1) is 9.54. The van der Waals surface area contributed by atoms with Gasteiger partial charge in [-0.3, -0.25) is 20.8 Å². The van der Waals surface area contributed by atoms with Crippen molar-refractivity contribution in [1.82, 2.24) is 4.90 Å². The van der Waals surface area contributed by atoms with Gasteiger partial charge in [0.2, 0.25) is 0 Å². The molecule has 0 saturated carbocycles. The summed E-state index contributed by atoms with van der Waals surface area (Å²) < 4.78 is 0. The normalized spacial score (nSPS) is 10.2. The topological polar surface area (TPSA) is 102 Å². The zero-order valence-electron chi connectivity index (χ0n) is 11.8. The minimum atomic E-state index is -0.561. The molecule has 0 aliphatic carbocycles. The van der Waals surface area contributed by atoms with Gasteiger partial charge in [0.05, 0.1) is 4.92 Å². The molecular weight excluding hydrogens is 260 g/mol. The molecule has 1 aromatic rings. The monoisotopic (exact) mass is 280 g/mol. The van der Waals surface area contributed by atoms with E-state index in [0.29, 0.717) is 18.7 Å². The van der Waals surface area contributed by atoms with Gasteiger partial charge in [0.15, 0.2) is 0 Å². The number of rotatable bonds is 7. The first-order valence-electron chi connectivity index (χ1n) is 6.59. The van der Waals surface area contributed by atoms with Gasteiger partial charge in [-0.25, -0.2) is 0 Å².